The van der Waals surface area contributed by atoms with Crippen molar-refractivity contribution < 1.29 is 0 Å². The Morgan fingerprint density at radius 3 is 2.53 bits per heavy atom. The van der Waals surface area contributed by atoms with Crippen LogP contribution < -0.4 is 5.32 Å². The molecule has 2 atom stereocenters. The second-order valence-electron chi connectivity index (χ2n) is 6.04. The molecule has 0 spiro atoms. The number of benzene rings is 1. The minimum Gasteiger partial charge on any atom is -0.309 e. The molecule has 1 saturated heterocycles. The molecule has 2 fully saturated rings. The fourth-order valence-electron chi connectivity index (χ4n) is 4.03. The molecule has 1 nitrogen and oxygen atoms in total. The van der Waals surface area contributed by atoms with Crippen LogP contribution in [0, 0.1) is 11.3 Å². The summed E-state index contributed by atoms with van der Waals surface area (Å²) in [4.78, 5) is 0. The Morgan fingerprint density at radius 1 is 1.12 bits per heavy atom. The fraction of sp³-hybridized carbons (Fsp3) is 0.625. The van der Waals surface area contributed by atoms with Crippen LogP contribution in [0.4, 0.5) is 0 Å². The SMILES string of the molecule is CC1(C2CCCC2)CCNC1c1ccccc1. The van der Waals surface area contributed by atoms with Gasteiger partial charge in [0.05, 0.1) is 0 Å². The Labute approximate surface area is 105 Å². The summed E-state index contributed by atoms with van der Waals surface area (Å²) >= 11 is 0. The molecule has 92 valence electrons. The van der Waals surface area contributed by atoms with Gasteiger partial charge in [-0.15, -0.1) is 0 Å². The first-order valence-corrected chi connectivity index (χ1v) is 7.09. The lowest BCUT2D eigenvalue weighted by Gasteiger charge is -2.37. The van der Waals surface area contributed by atoms with E-state index in [1.54, 1.807) is 0 Å². The molecule has 0 radical (unpaired) electrons. The fourth-order valence-corrected chi connectivity index (χ4v) is 4.03. The van der Waals surface area contributed by atoms with E-state index in [1.807, 2.05) is 0 Å². The highest BCUT2D eigenvalue weighted by Crippen LogP contribution is 2.52. The van der Waals surface area contributed by atoms with Crippen LogP contribution in [0.5, 0.6) is 0 Å². The van der Waals surface area contributed by atoms with Crippen LogP contribution in [-0.2, 0) is 0 Å². The summed E-state index contributed by atoms with van der Waals surface area (Å²) in [6.07, 6.45) is 7.13. The maximum absolute atomic E-state index is 3.74. The molecular weight excluding hydrogens is 206 g/mol. The molecule has 2 unspecified atom stereocenters. The largest absolute Gasteiger partial charge is 0.309 e. The van der Waals surface area contributed by atoms with Crippen molar-refractivity contribution in [1.82, 2.24) is 5.32 Å². The predicted molar refractivity (Wildman–Crippen MR) is 71.9 cm³/mol. The van der Waals surface area contributed by atoms with Crippen LogP contribution in [0.3, 0.4) is 0 Å². The number of hydrogen-bond acceptors (Lipinski definition) is 1. The zero-order valence-electron chi connectivity index (χ0n) is 10.8. The van der Waals surface area contributed by atoms with E-state index in [0.717, 1.165) is 5.92 Å². The van der Waals surface area contributed by atoms with E-state index in [4.69, 9.17) is 0 Å². The Morgan fingerprint density at radius 2 is 1.82 bits per heavy atom. The highest BCUT2D eigenvalue weighted by molar-refractivity contribution is 5.23. The summed E-state index contributed by atoms with van der Waals surface area (Å²) in [6, 6.07) is 11.6. The first-order valence-electron chi connectivity index (χ1n) is 7.09. The Hall–Kier alpha value is -0.820. The van der Waals surface area contributed by atoms with Crippen molar-refractivity contribution in [3.63, 3.8) is 0 Å². The molecule has 0 aromatic heterocycles. The van der Waals surface area contributed by atoms with Gasteiger partial charge >= 0.3 is 0 Å². The van der Waals surface area contributed by atoms with Crippen LogP contribution in [0.25, 0.3) is 0 Å². The van der Waals surface area contributed by atoms with Crippen LogP contribution >= 0.6 is 0 Å². The van der Waals surface area contributed by atoms with Gasteiger partial charge in [-0.3, -0.25) is 0 Å². The molecule has 1 saturated carbocycles. The number of nitrogens with one attached hydrogen (secondary N) is 1. The molecule has 3 rings (SSSR count). The van der Waals surface area contributed by atoms with E-state index < -0.39 is 0 Å². The highest BCUT2D eigenvalue weighted by Gasteiger charge is 2.45. The lowest BCUT2D eigenvalue weighted by atomic mass is 9.69. The third-order valence-electron chi connectivity index (χ3n) is 5.09. The summed E-state index contributed by atoms with van der Waals surface area (Å²) in [5.74, 6) is 0.933. The van der Waals surface area contributed by atoms with E-state index in [-0.39, 0.29) is 0 Å². The molecule has 2 aliphatic rings. The van der Waals surface area contributed by atoms with Crippen molar-refractivity contribution >= 4 is 0 Å². The number of rotatable bonds is 2. The molecular formula is C16H23N. The maximum Gasteiger partial charge on any atom is 0.0377 e. The zero-order chi connectivity index (χ0) is 11.7. The van der Waals surface area contributed by atoms with Gasteiger partial charge in [-0.1, -0.05) is 50.1 Å². The number of hydrogen-bond donors (Lipinski definition) is 1. The monoisotopic (exact) mass is 229 g/mol. The summed E-state index contributed by atoms with van der Waals surface area (Å²) in [5, 5.41) is 3.74. The van der Waals surface area contributed by atoms with Crippen LogP contribution in [0.1, 0.15) is 50.6 Å². The van der Waals surface area contributed by atoms with E-state index >= 15 is 0 Å². The second kappa shape index (κ2) is 4.45. The van der Waals surface area contributed by atoms with Crippen LogP contribution in [-0.4, -0.2) is 6.54 Å². The Bertz CT molecular complexity index is 366. The van der Waals surface area contributed by atoms with E-state index in [0.29, 0.717) is 11.5 Å². The molecule has 1 aliphatic carbocycles. The highest BCUT2D eigenvalue weighted by atomic mass is 15.0. The molecule has 1 heterocycles. The third-order valence-corrected chi connectivity index (χ3v) is 5.09. The van der Waals surface area contributed by atoms with Crippen molar-refractivity contribution in [3.8, 4) is 0 Å². The predicted octanol–water partition coefficient (Wildman–Crippen LogP) is 3.92. The van der Waals surface area contributed by atoms with Gasteiger partial charge in [-0.25, -0.2) is 0 Å². The first-order chi connectivity index (χ1) is 8.31. The van der Waals surface area contributed by atoms with E-state index in [1.165, 1.54) is 44.2 Å². The zero-order valence-corrected chi connectivity index (χ0v) is 10.8. The Kier molecular flexibility index (Phi) is 2.96. The minimum absolute atomic E-state index is 0.484. The summed E-state index contributed by atoms with van der Waals surface area (Å²) in [5.41, 5.74) is 1.97. The molecule has 0 amide bonds. The standard InChI is InChI=1S/C16H23N/c1-16(14-9-5-6-10-14)11-12-17-15(16)13-7-3-2-4-8-13/h2-4,7-8,14-15,17H,5-6,9-12H2,1H3. The van der Waals surface area contributed by atoms with Crippen molar-refractivity contribution in [2.45, 2.75) is 45.1 Å². The van der Waals surface area contributed by atoms with Crippen LogP contribution in [0.15, 0.2) is 30.3 Å². The van der Waals surface area contributed by atoms with Gasteiger partial charge in [0.2, 0.25) is 0 Å². The smallest absolute Gasteiger partial charge is 0.0377 e. The topological polar surface area (TPSA) is 12.0 Å². The summed E-state index contributed by atoms with van der Waals surface area (Å²) in [6.45, 7) is 3.70. The molecule has 1 aromatic rings. The van der Waals surface area contributed by atoms with Gasteiger partial charge in [0.25, 0.3) is 0 Å². The van der Waals surface area contributed by atoms with Gasteiger partial charge in [0.15, 0.2) is 0 Å². The lowest BCUT2D eigenvalue weighted by Crippen LogP contribution is -2.32. The van der Waals surface area contributed by atoms with Gasteiger partial charge < -0.3 is 5.32 Å². The van der Waals surface area contributed by atoms with Crippen molar-refractivity contribution in [2.75, 3.05) is 6.54 Å². The van der Waals surface area contributed by atoms with E-state index in [9.17, 15) is 0 Å². The summed E-state index contributed by atoms with van der Waals surface area (Å²) in [7, 11) is 0. The molecule has 1 heteroatoms. The molecule has 1 N–H and O–H groups in total. The van der Waals surface area contributed by atoms with Gasteiger partial charge in [-0.2, -0.15) is 0 Å². The lowest BCUT2D eigenvalue weighted by molar-refractivity contribution is 0.163. The van der Waals surface area contributed by atoms with Crippen molar-refractivity contribution in [1.29, 1.82) is 0 Å². The Balaban J connectivity index is 1.88. The summed E-state index contributed by atoms with van der Waals surface area (Å²) < 4.78 is 0. The van der Waals surface area contributed by atoms with Gasteiger partial charge in [0.1, 0.15) is 0 Å². The van der Waals surface area contributed by atoms with Gasteiger partial charge in [0, 0.05) is 6.04 Å². The van der Waals surface area contributed by atoms with Crippen molar-refractivity contribution in [2.24, 2.45) is 11.3 Å². The molecule has 17 heavy (non-hydrogen) atoms. The minimum atomic E-state index is 0.484. The van der Waals surface area contributed by atoms with Crippen molar-refractivity contribution in [3.05, 3.63) is 35.9 Å². The molecule has 1 aliphatic heterocycles. The first kappa shape index (κ1) is 11.3. The normalized spacial score (nSPS) is 34.3. The second-order valence-corrected chi connectivity index (χ2v) is 6.04. The molecule has 0 bridgehead atoms. The maximum atomic E-state index is 3.74. The third kappa shape index (κ3) is 1.91. The van der Waals surface area contributed by atoms with E-state index in [2.05, 4.69) is 42.6 Å². The quantitative estimate of drug-likeness (QED) is 0.810. The van der Waals surface area contributed by atoms with Gasteiger partial charge in [-0.05, 0) is 42.7 Å². The van der Waals surface area contributed by atoms with Crippen LogP contribution in [0.2, 0.25) is 0 Å². The molecule has 1 aromatic carbocycles. The average molecular weight is 229 g/mol. The average Bonchev–Trinajstić information content (AvgIpc) is 2.99.